The summed E-state index contributed by atoms with van der Waals surface area (Å²) in [7, 11) is 0. The van der Waals surface area contributed by atoms with E-state index in [2.05, 4.69) is 20.9 Å². The maximum absolute atomic E-state index is 9.95. The number of rotatable bonds is 2. The average molecular weight is 251 g/mol. The summed E-state index contributed by atoms with van der Waals surface area (Å²) in [5.74, 6) is 0. The molecular formula is C7H11BrN2OS. The second-order valence-electron chi connectivity index (χ2n) is 2.91. The molecule has 3 nitrogen and oxygen atoms in total. The molecule has 0 bridgehead atoms. The number of nitrogens with zero attached hydrogens (tertiary/aromatic N) is 1. The molecule has 1 heterocycles. The van der Waals surface area contributed by atoms with Gasteiger partial charge in [0.2, 0.25) is 0 Å². The van der Waals surface area contributed by atoms with Crippen LogP contribution in [0.1, 0.15) is 18.7 Å². The minimum atomic E-state index is -1.00. The summed E-state index contributed by atoms with van der Waals surface area (Å²) in [5.41, 5.74) is 6.32. The number of hydrogen-bond donors (Lipinski definition) is 2. The fourth-order valence-electron chi connectivity index (χ4n) is 0.767. The summed E-state index contributed by atoms with van der Waals surface area (Å²) in [6, 6.07) is -0.311. The summed E-state index contributed by atoms with van der Waals surface area (Å²) >= 11 is 4.65. The highest BCUT2D eigenvalue weighted by molar-refractivity contribution is 9.10. The molecule has 0 amide bonds. The second-order valence-corrected chi connectivity index (χ2v) is 4.51. The van der Waals surface area contributed by atoms with Crippen LogP contribution in [0.3, 0.4) is 0 Å². The van der Waals surface area contributed by atoms with Crippen LogP contribution in [-0.2, 0) is 5.60 Å². The van der Waals surface area contributed by atoms with Gasteiger partial charge in [0.1, 0.15) is 10.2 Å². The topological polar surface area (TPSA) is 59.1 Å². The number of halogens is 1. The van der Waals surface area contributed by atoms with Crippen LogP contribution in [0.5, 0.6) is 0 Å². The lowest BCUT2D eigenvalue weighted by atomic mass is 9.98. The lowest BCUT2D eigenvalue weighted by Gasteiger charge is -2.26. The van der Waals surface area contributed by atoms with Crippen LogP contribution in [0.25, 0.3) is 0 Å². The van der Waals surface area contributed by atoms with E-state index in [9.17, 15) is 5.11 Å². The number of thiazole rings is 1. The first-order chi connectivity index (χ1) is 5.46. The minimum Gasteiger partial charge on any atom is -0.383 e. The smallest absolute Gasteiger partial charge is 0.123 e. The van der Waals surface area contributed by atoms with Crippen molar-refractivity contribution in [3.63, 3.8) is 0 Å². The van der Waals surface area contributed by atoms with E-state index in [-0.39, 0.29) is 6.04 Å². The fourth-order valence-corrected chi connectivity index (χ4v) is 2.53. The lowest BCUT2D eigenvalue weighted by molar-refractivity contribution is 0.0377. The normalized spacial score (nSPS) is 18.8. The molecule has 0 spiro atoms. The Kier molecular flexibility index (Phi) is 2.88. The standard InChI is InChI=1S/C7H11BrN2OS/c1-4(9)7(2,11)5-6(8)10-3-12-5/h3-4,11H,9H2,1-2H3. The van der Waals surface area contributed by atoms with Crippen LogP contribution in [0, 0.1) is 0 Å². The molecule has 1 rings (SSSR count). The van der Waals surface area contributed by atoms with Gasteiger partial charge in [0.15, 0.2) is 0 Å². The first-order valence-electron chi connectivity index (χ1n) is 3.53. The van der Waals surface area contributed by atoms with Gasteiger partial charge >= 0.3 is 0 Å². The van der Waals surface area contributed by atoms with Crippen LogP contribution in [0.2, 0.25) is 0 Å². The number of aliphatic hydroxyl groups is 1. The Labute approximate surface area is 83.8 Å². The van der Waals surface area contributed by atoms with E-state index in [0.29, 0.717) is 4.60 Å². The molecule has 1 aromatic rings. The third-order valence-corrected chi connectivity index (χ3v) is 3.79. The molecule has 2 unspecified atom stereocenters. The van der Waals surface area contributed by atoms with Crippen molar-refractivity contribution in [3.8, 4) is 0 Å². The molecule has 0 aliphatic heterocycles. The highest BCUT2D eigenvalue weighted by Gasteiger charge is 2.31. The van der Waals surface area contributed by atoms with Gasteiger partial charge in [-0.3, -0.25) is 0 Å². The van der Waals surface area contributed by atoms with E-state index >= 15 is 0 Å². The fraction of sp³-hybridized carbons (Fsp3) is 0.571. The van der Waals surface area contributed by atoms with Crippen molar-refractivity contribution in [1.29, 1.82) is 0 Å². The summed E-state index contributed by atoms with van der Waals surface area (Å²) < 4.78 is 0.676. The van der Waals surface area contributed by atoms with Crippen molar-refractivity contribution in [2.75, 3.05) is 0 Å². The van der Waals surface area contributed by atoms with Gasteiger partial charge < -0.3 is 10.8 Å². The third-order valence-electron chi connectivity index (χ3n) is 1.87. The zero-order valence-corrected chi connectivity index (χ0v) is 9.32. The number of hydrogen-bond acceptors (Lipinski definition) is 4. The molecule has 0 aromatic carbocycles. The molecule has 0 aliphatic carbocycles. The largest absolute Gasteiger partial charge is 0.383 e. The lowest BCUT2D eigenvalue weighted by Crippen LogP contribution is -2.40. The average Bonchev–Trinajstić information content (AvgIpc) is 2.35. The summed E-state index contributed by atoms with van der Waals surface area (Å²) in [6.45, 7) is 3.46. The van der Waals surface area contributed by atoms with Crippen molar-refractivity contribution in [2.24, 2.45) is 5.73 Å². The van der Waals surface area contributed by atoms with E-state index in [4.69, 9.17) is 5.73 Å². The van der Waals surface area contributed by atoms with Gasteiger partial charge in [-0.1, -0.05) is 0 Å². The zero-order chi connectivity index (χ0) is 9.35. The van der Waals surface area contributed by atoms with Crippen LogP contribution < -0.4 is 5.73 Å². The Bertz CT molecular complexity index is 272. The van der Waals surface area contributed by atoms with Gasteiger partial charge in [0.05, 0.1) is 10.4 Å². The van der Waals surface area contributed by atoms with Gasteiger partial charge in [-0.2, -0.15) is 0 Å². The third kappa shape index (κ3) is 1.69. The predicted octanol–water partition coefficient (Wildman–Crippen LogP) is 1.46. The van der Waals surface area contributed by atoms with Gasteiger partial charge in [-0.05, 0) is 29.8 Å². The van der Waals surface area contributed by atoms with Crippen molar-refractivity contribution >= 4 is 27.3 Å². The van der Waals surface area contributed by atoms with Crippen molar-refractivity contribution < 1.29 is 5.11 Å². The summed E-state index contributed by atoms with van der Waals surface area (Å²) in [4.78, 5) is 4.76. The molecule has 0 radical (unpaired) electrons. The van der Waals surface area contributed by atoms with E-state index < -0.39 is 5.60 Å². The molecular weight excluding hydrogens is 240 g/mol. The molecule has 0 aliphatic rings. The van der Waals surface area contributed by atoms with E-state index in [1.54, 1.807) is 19.4 Å². The first kappa shape index (κ1) is 10.1. The van der Waals surface area contributed by atoms with Crippen molar-refractivity contribution in [1.82, 2.24) is 4.98 Å². The van der Waals surface area contributed by atoms with Gasteiger partial charge in [-0.15, -0.1) is 11.3 Å². The maximum atomic E-state index is 9.95. The van der Waals surface area contributed by atoms with Gasteiger partial charge in [0.25, 0.3) is 0 Å². The Morgan fingerprint density at radius 1 is 1.83 bits per heavy atom. The first-order valence-corrected chi connectivity index (χ1v) is 5.21. The van der Waals surface area contributed by atoms with Crippen LogP contribution in [0.15, 0.2) is 10.1 Å². The van der Waals surface area contributed by atoms with Crippen LogP contribution in [-0.4, -0.2) is 16.1 Å². The van der Waals surface area contributed by atoms with E-state index in [1.165, 1.54) is 11.3 Å². The SMILES string of the molecule is CC(N)C(C)(O)c1scnc1Br. The van der Waals surface area contributed by atoms with Crippen molar-refractivity contribution in [2.45, 2.75) is 25.5 Å². The molecule has 68 valence electrons. The molecule has 5 heteroatoms. The molecule has 12 heavy (non-hydrogen) atoms. The molecule has 0 fully saturated rings. The molecule has 1 aromatic heterocycles. The summed E-state index contributed by atoms with van der Waals surface area (Å²) in [5, 5.41) is 9.95. The summed E-state index contributed by atoms with van der Waals surface area (Å²) in [6.07, 6.45) is 0. The Morgan fingerprint density at radius 2 is 2.42 bits per heavy atom. The van der Waals surface area contributed by atoms with E-state index in [0.717, 1.165) is 4.88 Å². The zero-order valence-electron chi connectivity index (χ0n) is 6.91. The van der Waals surface area contributed by atoms with Crippen LogP contribution >= 0.6 is 27.3 Å². The maximum Gasteiger partial charge on any atom is 0.123 e. The molecule has 0 saturated carbocycles. The highest BCUT2D eigenvalue weighted by Crippen LogP contribution is 2.32. The minimum absolute atomic E-state index is 0.311. The number of nitrogens with two attached hydrogens (primary N) is 1. The quantitative estimate of drug-likeness (QED) is 0.836. The number of aromatic nitrogens is 1. The van der Waals surface area contributed by atoms with Gasteiger partial charge in [-0.25, -0.2) is 4.98 Å². The van der Waals surface area contributed by atoms with Gasteiger partial charge in [0, 0.05) is 6.04 Å². The van der Waals surface area contributed by atoms with Crippen LogP contribution in [0.4, 0.5) is 0 Å². The van der Waals surface area contributed by atoms with E-state index in [1.807, 2.05) is 0 Å². The molecule has 3 N–H and O–H groups in total. The highest BCUT2D eigenvalue weighted by atomic mass is 79.9. The Balaban J connectivity index is 3.05. The predicted molar refractivity (Wildman–Crippen MR) is 53.0 cm³/mol. The van der Waals surface area contributed by atoms with Crippen molar-refractivity contribution in [3.05, 3.63) is 15.0 Å². The monoisotopic (exact) mass is 250 g/mol. The second kappa shape index (κ2) is 3.41. The Hall–Kier alpha value is 0.0300. The molecule has 2 atom stereocenters. The molecule has 0 saturated heterocycles. The Morgan fingerprint density at radius 3 is 2.75 bits per heavy atom.